The van der Waals surface area contributed by atoms with E-state index in [0.29, 0.717) is 16.7 Å². The summed E-state index contributed by atoms with van der Waals surface area (Å²) in [5.41, 5.74) is 1.54. The van der Waals surface area contributed by atoms with Crippen molar-refractivity contribution in [3.8, 4) is 0 Å². The van der Waals surface area contributed by atoms with Gasteiger partial charge < -0.3 is 19.2 Å². The van der Waals surface area contributed by atoms with Crippen LogP contribution in [0.15, 0.2) is 27.4 Å². The van der Waals surface area contributed by atoms with Crippen molar-refractivity contribution in [2.75, 3.05) is 13.2 Å². The molecule has 4 rings (SSSR count). The van der Waals surface area contributed by atoms with E-state index in [2.05, 4.69) is 5.32 Å². The first kappa shape index (κ1) is 22.1. The topological polar surface area (TPSA) is 94.8 Å². The Morgan fingerprint density at radius 2 is 1.81 bits per heavy atom. The molecular formula is C25H29NO6. The molecule has 0 radical (unpaired) electrons. The van der Waals surface area contributed by atoms with Crippen molar-refractivity contribution >= 4 is 34.2 Å². The van der Waals surface area contributed by atoms with Gasteiger partial charge in [-0.25, -0.2) is 4.79 Å². The van der Waals surface area contributed by atoms with Crippen molar-refractivity contribution in [1.29, 1.82) is 0 Å². The highest BCUT2D eigenvalue weighted by Gasteiger charge is 2.41. The molecule has 1 heterocycles. The van der Waals surface area contributed by atoms with Crippen LogP contribution >= 0.6 is 0 Å². The van der Waals surface area contributed by atoms with Crippen molar-refractivity contribution in [2.24, 2.45) is 5.92 Å². The number of rotatable bonds is 6. The van der Waals surface area contributed by atoms with Crippen LogP contribution in [0.1, 0.15) is 51.5 Å². The minimum absolute atomic E-state index is 0.0270. The maximum Gasteiger partial charge on any atom is 0.339 e. The number of nitrogens with one attached hydrogen (secondary N) is 1. The fourth-order valence-electron chi connectivity index (χ4n) is 4.66. The monoisotopic (exact) mass is 439 g/mol. The Morgan fingerprint density at radius 3 is 2.50 bits per heavy atom. The molecule has 0 amide bonds. The first-order valence-corrected chi connectivity index (χ1v) is 11.4. The van der Waals surface area contributed by atoms with E-state index >= 15 is 0 Å². The SMILES string of the molecule is CCOC(=O)C1=c2oc3cc(C)ccc3c(=O)c2=C(NC2CCCCC2)C1C(=O)OCC. The van der Waals surface area contributed by atoms with E-state index in [4.69, 9.17) is 13.9 Å². The molecule has 32 heavy (non-hydrogen) atoms. The third kappa shape index (κ3) is 3.92. The number of benzene rings is 1. The van der Waals surface area contributed by atoms with E-state index < -0.39 is 17.9 Å². The molecule has 0 saturated heterocycles. The number of fused-ring (bicyclic) bond motifs is 2. The second-order valence-electron chi connectivity index (χ2n) is 8.35. The van der Waals surface area contributed by atoms with E-state index in [0.717, 1.165) is 37.7 Å². The molecule has 1 fully saturated rings. The summed E-state index contributed by atoms with van der Waals surface area (Å²) in [5.74, 6) is -2.36. The average Bonchev–Trinajstić information content (AvgIpc) is 3.09. The van der Waals surface area contributed by atoms with E-state index in [1.807, 2.05) is 13.0 Å². The third-order valence-electron chi connectivity index (χ3n) is 6.12. The molecule has 2 aliphatic rings. The van der Waals surface area contributed by atoms with Gasteiger partial charge >= 0.3 is 11.9 Å². The molecule has 0 aliphatic heterocycles. The summed E-state index contributed by atoms with van der Waals surface area (Å²) >= 11 is 0. The van der Waals surface area contributed by atoms with E-state index in [-0.39, 0.29) is 40.9 Å². The Morgan fingerprint density at radius 1 is 1.09 bits per heavy atom. The molecule has 7 nitrogen and oxygen atoms in total. The standard InChI is InChI=1S/C25H29NO6/c1-4-30-24(28)18-19(25(29)31-5-2)23-20(21(18)26-15-9-7-6-8-10-15)22(27)16-12-11-14(3)13-17(16)32-23/h11-13,15,18,26H,4-10H2,1-3H3. The maximum atomic E-state index is 13.6. The second-order valence-corrected chi connectivity index (χ2v) is 8.35. The molecule has 7 heteroatoms. The number of hydrogen-bond donors (Lipinski definition) is 1. The van der Waals surface area contributed by atoms with Gasteiger partial charge in [0.2, 0.25) is 5.43 Å². The lowest BCUT2D eigenvalue weighted by Crippen LogP contribution is -2.44. The van der Waals surface area contributed by atoms with Crippen LogP contribution in [0.5, 0.6) is 0 Å². The first-order chi connectivity index (χ1) is 15.5. The molecule has 1 saturated carbocycles. The van der Waals surface area contributed by atoms with Gasteiger partial charge in [-0.3, -0.25) is 9.59 Å². The molecule has 1 unspecified atom stereocenters. The quantitative estimate of drug-likeness (QED) is 0.688. The third-order valence-corrected chi connectivity index (χ3v) is 6.12. The summed E-state index contributed by atoms with van der Waals surface area (Å²) in [6.45, 7) is 5.58. The van der Waals surface area contributed by atoms with Gasteiger partial charge in [0.15, 0.2) is 5.42 Å². The van der Waals surface area contributed by atoms with Gasteiger partial charge in [0.25, 0.3) is 0 Å². The number of esters is 2. The summed E-state index contributed by atoms with van der Waals surface area (Å²) in [4.78, 5) is 39.7. The van der Waals surface area contributed by atoms with Gasteiger partial charge in [0.1, 0.15) is 17.1 Å². The van der Waals surface area contributed by atoms with Crippen LogP contribution in [0.2, 0.25) is 0 Å². The van der Waals surface area contributed by atoms with Crippen LogP contribution in [0, 0.1) is 12.8 Å². The predicted molar refractivity (Wildman–Crippen MR) is 120 cm³/mol. The van der Waals surface area contributed by atoms with Crippen LogP contribution in [0.25, 0.3) is 22.2 Å². The average molecular weight is 440 g/mol. The Kier molecular flexibility index (Phi) is 6.35. The van der Waals surface area contributed by atoms with Gasteiger partial charge in [-0.05, 0) is 51.3 Å². The largest absolute Gasteiger partial charge is 0.465 e. The smallest absolute Gasteiger partial charge is 0.339 e. The van der Waals surface area contributed by atoms with E-state index in [1.165, 1.54) is 0 Å². The van der Waals surface area contributed by atoms with Gasteiger partial charge in [0.05, 0.1) is 23.8 Å². The summed E-state index contributed by atoms with van der Waals surface area (Å²) in [5, 5.41) is 4.07. The van der Waals surface area contributed by atoms with E-state index in [1.54, 1.807) is 26.0 Å². The van der Waals surface area contributed by atoms with Crippen molar-refractivity contribution < 1.29 is 23.5 Å². The number of carbonyl (C=O) groups excluding carboxylic acids is 2. The van der Waals surface area contributed by atoms with Crippen LogP contribution in [-0.2, 0) is 19.1 Å². The van der Waals surface area contributed by atoms with Gasteiger partial charge in [-0.2, -0.15) is 0 Å². The predicted octanol–water partition coefficient (Wildman–Crippen LogP) is 2.04. The number of carbonyl (C=O) groups is 2. The molecule has 0 spiro atoms. The Labute approximate surface area is 186 Å². The van der Waals surface area contributed by atoms with Crippen molar-refractivity contribution in [1.82, 2.24) is 5.32 Å². The van der Waals surface area contributed by atoms with Gasteiger partial charge in [0, 0.05) is 11.7 Å². The Balaban J connectivity index is 2.04. The minimum atomic E-state index is -1.08. The molecule has 2 aromatic rings. The molecule has 0 bridgehead atoms. The molecule has 1 aromatic heterocycles. The second kappa shape index (κ2) is 9.18. The molecule has 170 valence electrons. The lowest BCUT2D eigenvalue weighted by Gasteiger charge is -2.27. The molecular weight excluding hydrogens is 410 g/mol. The lowest BCUT2D eigenvalue weighted by molar-refractivity contribution is -0.146. The summed E-state index contributed by atoms with van der Waals surface area (Å²) in [6, 6.07) is 5.42. The lowest BCUT2D eigenvalue weighted by atomic mass is 9.93. The van der Waals surface area contributed by atoms with Crippen molar-refractivity contribution in [3.05, 3.63) is 44.6 Å². The zero-order valence-corrected chi connectivity index (χ0v) is 18.8. The Bertz CT molecular complexity index is 1240. The van der Waals surface area contributed by atoms with Crippen molar-refractivity contribution in [2.45, 2.75) is 58.9 Å². The highest BCUT2D eigenvalue weighted by atomic mass is 16.5. The van der Waals surface area contributed by atoms with Gasteiger partial charge in [-0.15, -0.1) is 0 Å². The fraction of sp³-hybridized carbons (Fsp3) is 0.480. The van der Waals surface area contributed by atoms with Crippen molar-refractivity contribution in [3.63, 3.8) is 0 Å². The zero-order chi connectivity index (χ0) is 22.8. The summed E-state index contributed by atoms with van der Waals surface area (Å²) in [7, 11) is 0. The van der Waals surface area contributed by atoms with Crippen LogP contribution in [0.3, 0.4) is 0 Å². The normalized spacial score (nSPS) is 18.5. The summed E-state index contributed by atoms with van der Waals surface area (Å²) in [6.07, 6.45) is 5.17. The molecule has 2 aliphatic carbocycles. The molecule has 1 aromatic carbocycles. The number of aryl methyl sites for hydroxylation is 1. The van der Waals surface area contributed by atoms with Crippen LogP contribution in [0.4, 0.5) is 0 Å². The van der Waals surface area contributed by atoms with Crippen LogP contribution in [-0.4, -0.2) is 31.2 Å². The Hall–Kier alpha value is -3.09. The van der Waals surface area contributed by atoms with Crippen LogP contribution < -0.4 is 21.4 Å². The fourth-order valence-corrected chi connectivity index (χ4v) is 4.66. The highest BCUT2D eigenvalue weighted by molar-refractivity contribution is 6.19. The molecule has 1 atom stereocenters. The first-order valence-electron chi connectivity index (χ1n) is 11.4. The minimum Gasteiger partial charge on any atom is -0.465 e. The summed E-state index contributed by atoms with van der Waals surface area (Å²) < 4.78 is 16.7. The molecule has 1 N–H and O–H groups in total. The number of ether oxygens (including phenoxy) is 2. The highest BCUT2D eigenvalue weighted by Crippen LogP contribution is 2.28. The van der Waals surface area contributed by atoms with Gasteiger partial charge in [-0.1, -0.05) is 25.3 Å². The number of hydrogen-bond acceptors (Lipinski definition) is 7. The van der Waals surface area contributed by atoms with E-state index in [9.17, 15) is 14.4 Å². The zero-order valence-electron chi connectivity index (χ0n) is 18.8. The maximum absolute atomic E-state index is 13.6.